The van der Waals surface area contributed by atoms with Crippen molar-refractivity contribution in [3.05, 3.63) is 23.8 Å². The average molecular weight is 276 g/mol. The zero-order valence-corrected chi connectivity index (χ0v) is 12.2. The van der Waals surface area contributed by atoms with E-state index < -0.39 is 0 Å². The van der Waals surface area contributed by atoms with Crippen LogP contribution in [-0.4, -0.2) is 50.4 Å². The summed E-state index contributed by atoms with van der Waals surface area (Å²) in [7, 11) is 0. The van der Waals surface area contributed by atoms with E-state index in [0.29, 0.717) is 6.04 Å². The molecule has 2 aliphatic heterocycles. The van der Waals surface area contributed by atoms with Gasteiger partial charge in [-0.1, -0.05) is 12.1 Å². The van der Waals surface area contributed by atoms with Crippen molar-refractivity contribution in [1.29, 1.82) is 0 Å². The van der Waals surface area contributed by atoms with Crippen LogP contribution < -0.4 is 10.1 Å². The molecule has 1 atom stereocenters. The van der Waals surface area contributed by atoms with Crippen LogP contribution in [-0.2, 0) is 11.2 Å². The Morgan fingerprint density at radius 3 is 3.05 bits per heavy atom. The molecule has 0 amide bonds. The van der Waals surface area contributed by atoms with Gasteiger partial charge in [-0.2, -0.15) is 0 Å². The number of nitrogens with zero attached hydrogens (tertiary/aromatic N) is 1. The maximum Gasteiger partial charge on any atom is 0.142 e. The molecule has 0 spiro atoms. The Hall–Kier alpha value is -1.26. The summed E-state index contributed by atoms with van der Waals surface area (Å²) in [6.07, 6.45) is 2.34. The van der Waals surface area contributed by atoms with Crippen molar-refractivity contribution < 1.29 is 9.47 Å². The molecule has 0 radical (unpaired) electrons. The van der Waals surface area contributed by atoms with Crippen molar-refractivity contribution in [2.75, 3.05) is 44.8 Å². The highest BCUT2D eigenvalue weighted by atomic mass is 16.5. The van der Waals surface area contributed by atoms with Crippen molar-refractivity contribution >= 4 is 5.69 Å². The predicted molar refractivity (Wildman–Crippen MR) is 80.6 cm³/mol. The lowest BCUT2D eigenvalue weighted by molar-refractivity contribution is 0.0323. The molecule has 1 aromatic carbocycles. The lowest BCUT2D eigenvalue weighted by atomic mass is 9.98. The highest BCUT2D eigenvalue weighted by molar-refractivity contribution is 5.63. The molecule has 20 heavy (non-hydrogen) atoms. The maximum absolute atomic E-state index is 6.01. The monoisotopic (exact) mass is 276 g/mol. The van der Waals surface area contributed by atoms with E-state index in [1.54, 1.807) is 0 Å². The van der Waals surface area contributed by atoms with Gasteiger partial charge in [-0.25, -0.2) is 0 Å². The molecule has 0 saturated carbocycles. The quantitative estimate of drug-likeness (QED) is 0.913. The van der Waals surface area contributed by atoms with Crippen LogP contribution in [0.25, 0.3) is 0 Å². The minimum absolute atomic E-state index is 0.534. The number of morpholine rings is 1. The number of para-hydroxylation sites is 1. The molecule has 3 rings (SSSR count). The Morgan fingerprint density at radius 1 is 1.35 bits per heavy atom. The Labute approximate surface area is 121 Å². The highest BCUT2D eigenvalue weighted by Crippen LogP contribution is 2.33. The average Bonchev–Trinajstić information content (AvgIpc) is 2.49. The number of fused-ring (bicyclic) bond motifs is 1. The van der Waals surface area contributed by atoms with Gasteiger partial charge in [-0.15, -0.1) is 0 Å². The van der Waals surface area contributed by atoms with Gasteiger partial charge in [0.2, 0.25) is 0 Å². The van der Waals surface area contributed by atoms with Crippen LogP contribution in [0.2, 0.25) is 0 Å². The standard InChI is InChI=1S/C16H24N2O2/c1-13-5-6-14-3-2-4-15(16(14)17-13)20-12-9-18-7-10-19-11-8-18/h2-4,13,17H,5-12H2,1H3. The third-order valence-corrected chi connectivity index (χ3v) is 4.12. The number of benzene rings is 1. The zero-order valence-electron chi connectivity index (χ0n) is 12.2. The zero-order chi connectivity index (χ0) is 13.8. The molecular formula is C16H24N2O2. The topological polar surface area (TPSA) is 33.7 Å². The van der Waals surface area contributed by atoms with E-state index in [4.69, 9.17) is 9.47 Å². The number of nitrogens with one attached hydrogen (secondary N) is 1. The summed E-state index contributed by atoms with van der Waals surface area (Å²) < 4.78 is 11.4. The number of aryl methyl sites for hydroxylation is 1. The Bertz CT molecular complexity index is 444. The summed E-state index contributed by atoms with van der Waals surface area (Å²) in [5.74, 6) is 1.00. The van der Waals surface area contributed by atoms with Gasteiger partial charge in [0.05, 0.1) is 18.9 Å². The van der Waals surface area contributed by atoms with Crippen LogP contribution >= 0.6 is 0 Å². The first-order chi connectivity index (χ1) is 9.83. The highest BCUT2D eigenvalue weighted by Gasteiger charge is 2.18. The van der Waals surface area contributed by atoms with E-state index in [1.165, 1.54) is 17.7 Å². The van der Waals surface area contributed by atoms with Crippen LogP contribution in [0.15, 0.2) is 18.2 Å². The van der Waals surface area contributed by atoms with Gasteiger partial charge >= 0.3 is 0 Å². The van der Waals surface area contributed by atoms with Gasteiger partial charge in [-0.3, -0.25) is 4.90 Å². The minimum atomic E-state index is 0.534. The summed E-state index contributed by atoms with van der Waals surface area (Å²) in [4.78, 5) is 2.40. The van der Waals surface area contributed by atoms with Gasteiger partial charge in [-0.05, 0) is 31.4 Å². The molecule has 2 heterocycles. The van der Waals surface area contributed by atoms with Crippen LogP contribution in [0.4, 0.5) is 5.69 Å². The smallest absolute Gasteiger partial charge is 0.142 e. The molecule has 1 fully saturated rings. The fourth-order valence-electron chi connectivity index (χ4n) is 2.87. The van der Waals surface area contributed by atoms with Crippen LogP contribution in [0.5, 0.6) is 5.75 Å². The van der Waals surface area contributed by atoms with Crippen LogP contribution in [0.3, 0.4) is 0 Å². The van der Waals surface area contributed by atoms with Crippen LogP contribution in [0, 0.1) is 0 Å². The second-order valence-corrected chi connectivity index (χ2v) is 5.68. The third-order valence-electron chi connectivity index (χ3n) is 4.12. The molecule has 1 aromatic rings. The Balaban J connectivity index is 1.57. The van der Waals surface area contributed by atoms with E-state index in [9.17, 15) is 0 Å². The largest absolute Gasteiger partial charge is 0.490 e. The van der Waals surface area contributed by atoms with E-state index in [-0.39, 0.29) is 0 Å². The fraction of sp³-hybridized carbons (Fsp3) is 0.625. The number of rotatable bonds is 4. The maximum atomic E-state index is 6.01. The van der Waals surface area contributed by atoms with Gasteiger partial charge < -0.3 is 14.8 Å². The summed E-state index contributed by atoms with van der Waals surface area (Å²) in [6.45, 7) is 7.68. The van der Waals surface area contributed by atoms with Crippen molar-refractivity contribution in [3.63, 3.8) is 0 Å². The molecule has 4 nitrogen and oxygen atoms in total. The predicted octanol–water partition coefficient (Wildman–Crippen LogP) is 2.14. The molecule has 0 bridgehead atoms. The molecule has 1 N–H and O–H groups in total. The number of hydrogen-bond donors (Lipinski definition) is 1. The molecule has 0 aromatic heterocycles. The Morgan fingerprint density at radius 2 is 2.20 bits per heavy atom. The van der Waals surface area contributed by atoms with Gasteiger partial charge in [0, 0.05) is 25.7 Å². The molecule has 2 aliphatic rings. The van der Waals surface area contributed by atoms with E-state index in [0.717, 1.165) is 51.6 Å². The SMILES string of the molecule is CC1CCc2cccc(OCCN3CCOCC3)c2N1. The van der Waals surface area contributed by atoms with E-state index >= 15 is 0 Å². The Kier molecular flexibility index (Phi) is 4.43. The third kappa shape index (κ3) is 3.25. The minimum Gasteiger partial charge on any atom is -0.490 e. The molecule has 1 saturated heterocycles. The molecule has 110 valence electrons. The van der Waals surface area contributed by atoms with Crippen molar-refractivity contribution in [2.24, 2.45) is 0 Å². The summed E-state index contributed by atoms with van der Waals surface area (Å²) in [6, 6.07) is 6.90. The molecule has 1 unspecified atom stereocenters. The fourth-order valence-corrected chi connectivity index (χ4v) is 2.87. The van der Waals surface area contributed by atoms with Crippen molar-refractivity contribution in [3.8, 4) is 5.75 Å². The lowest BCUT2D eigenvalue weighted by Gasteiger charge is -2.28. The van der Waals surface area contributed by atoms with Crippen molar-refractivity contribution in [1.82, 2.24) is 4.90 Å². The second kappa shape index (κ2) is 6.46. The van der Waals surface area contributed by atoms with Crippen LogP contribution in [0.1, 0.15) is 18.9 Å². The van der Waals surface area contributed by atoms with Gasteiger partial charge in [0.15, 0.2) is 0 Å². The molecule has 0 aliphatic carbocycles. The summed E-state index contributed by atoms with van der Waals surface area (Å²) >= 11 is 0. The normalized spacial score (nSPS) is 22.9. The van der Waals surface area contributed by atoms with Gasteiger partial charge in [0.25, 0.3) is 0 Å². The lowest BCUT2D eigenvalue weighted by Crippen LogP contribution is -2.38. The first-order valence-electron chi connectivity index (χ1n) is 7.64. The molecule has 4 heteroatoms. The number of anilines is 1. The second-order valence-electron chi connectivity index (χ2n) is 5.68. The summed E-state index contributed by atoms with van der Waals surface area (Å²) in [5, 5.41) is 3.56. The first kappa shape index (κ1) is 13.7. The molecular weight excluding hydrogens is 252 g/mol. The van der Waals surface area contributed by atoms with Gasteiger partial charge in [0.1, 0.15) is 12.4 Å². The number of hydrogen-bond acceptors (Lipinski definition) is 4. The van der Waals surface area contributed by atoms with E-state index in [2.05, 4.69) is 35.3 Å². The van der Waals surface area contributed by atoms with Crippen molar-refractivity contribution in [2.45, 2.75) is 25.8 Å². The van der Waals surface area contributed by atoms with E-state index in [1.807, 2.05) is 0 Å². The summed E-state index contributed by atoms with van der Waals surface area (Å²) in [5.41, 5.74) is 2.58. The first-order valence-corrected chi connectivity index (χ1v) is 7.64. The number of ether oxygens (including phenoxy) is 2.